The minimum Gasteiger partial charge on any atom is -0.333 e. The van der Waals surface area contributed by atoms with Crippen LogP contribution >= 0.6 is 0 Å². The summed E-state index contributed by atoms with van der Waals surface area (Å²) in [6, 6.07) is 6.97. The summed E-state index contributed by atoms with van der Waals surface area (Å²) in [5, 5.41) is 0. The van der Waals surface area contributed by atoms with Gasteiger partial charge >= 0.3 is 0 Å². The lowest BCUT2D eigenvalue weighted by atomic mass is 9.91. The summed E-state index contributed by atoms with van der Waals surface area (Å²) in [7, 11) is 0. The lowest BCUT2D eigenvalue weighted by Gasteiger charge is -2.33. The van der Waals surface area contributed by atoms with Crippen LogP contribution in [0.4, 0.5) is 4.39 Å². The van der Waals surface area contributed by atoms with Crippen molar-refractivity contribution in [3.8, 4) is 0 Å². The maximum Gasteiger partial charge on any atom is 0.123 e. The van der Waals surface area contributed by atoms with Crippen LogP contribution in [0, 0.1) is 17.7 Å². The van der Waals surface area contributed by atoms with Crippen molar-refractivity contribution < 1.29 is 4.39 Å². The molecule has 1 unspecified atom stereocenters. The predicted molar refractivity (Wildman–Crippen MR) is 99.8 cm³/mol. The Morgan fingerprint density at radius 1 is 1.24 bits per heavy atom. The number of hydrogen-bond donors (Lipinski definition) is 0. The molecule has 1 aromatic heterocycles. The van der Waals surface area contributed by atoms with Crippen molar-refractivity contribution in [2.75, 3.05) is 13.1 Å². The van der Waals surface area contributed by atoms with E-state index in [2.05, 4.69) is 28.3 Å². The molecule has 3 rings (SSSR count). The van der Waals surface area contributed by atoms with E-state index in [9.17, 15) is 4.39 Å². The standard InChI is InChI=1S/C21H30FN3/c1-17(2)13-25-16-23-12-21(25)15-24-11-3-4-19(14-24)6-5-18-7-9-20(22)10-8-18/h7-10,12,16-17,19H,3-6,11,13-15H2,1-2H3. The summed E-state index contributed by atoms with van der Waals surface area (Å²) < 4.78 is 15.3. The number of rotatable bonds is 7. The summed E-state index contributed by atoms with van der Waals surface area (Å²) in [5.41, 5.74) is 2.57. The van der Waals surface area contributed by atoms with Crippen LogP contribution in [0.1, 0.15) is 44.4 Å². The highest BCUT2D eigenvalue weighted by molar-refractivity contribution is 5.16. The first-order chi connectivity index (χ1) is 12.1. The average Bonchev–Trinajstić information content (AvgIpc) is 3.01. The Morgan fingerprint density at radius 2 is 2.04 bits per heavy atom. The third-order valence-corrected chi connectivity index (χ3v) is 5.10. The summed E-state index contributed by atoms with van der Waals surface area (Å²) in [4.78, 5) is 6.92. The highest BCUT2D eigenvalue weighted by Gasteiger charge is 2.21. The van der Waals surface area contributed by atoms with Crippen molar-refractivity contribution in [3.63, 3.8) is 0 Å². The molecule has 1 saturated heterocycles. The van der Waals surface area contributed by atoms with Crippen LogP contribution in [0.15, 0.2) is 36.8 Å². The second-order valence-electron chi connectivity index (χ2n) is 7.84. The van der Waals surface area contributed by atoms with Gasteiger partial charge in [-0.1, -0.05) is 26.0 Å². The minimum atomic E-state index is -0.148. The molecule has 1 aliphatic heterocycles. The average molecular weight is 343 g/mol. The van der Waals surface area contributed by atoms with Gasteiger partial charge in [-0.05, 0) is 61.8 Å². The molecule has 0 radical (unpaired) electrons. The molecule has 3 nitrogen and oxygen atoms in total. The molecular weight excluding hydrogens is 313 g/mol. The van der Waals surface area contributed by atoms with Gasteiger partial charge in [-0.25, -0.2) is 9.37 Å². The van der Waals surface area contributed by atoms with E-state index in [1.54, 1.807) is 12.1 Å². The fraction of sp³-hybridized carbons (Fsp3) is 0.571. The number of halogens is 1. The van der Waals surface area contributed by atoms with Crippen molar-refractivity contribution in [2.24, 2.45) is 11.8 Å². The summed E-state index contributed by atoms with van der Waals surface area (Å²) in [6.07, 6.45) is 8.79. The zero-order valence-electron chi connectivity index (χ0n) is 15.5. The number of piperidine rings is 1. The Morgan fingerprint density at radius 3 is 2.80 bits per heavy atom. The van der Waals surface area contributed by atoms with E-state index in [-0.39, 0.29) is 5.82 Å². The number of likely N-dealkylation sites (tertiary alicyclic amines) is 1. The van der Waals surface area contributed by atoms with E-state index in [0.717, 1.165) is 32.0 Å². The monoisotopic (exact) mass is 343 g/mol. The van der Waals surface area contributed by atoms with Crippen LogP contribution < -0.4 is 0 Å². The fourth-order valence-corrected chi connectivity index (χ4v) is 3.82. The summed E-state index contributed by atoms with van der Waals surface area (Å²) in [6.45, 7) is 8.87. The molecular formula is C21H30FN3. The van der Waals surface area contributed by atoms with Crippen molar-refractivity contribution >= 4 is 0 Å². The molecule has 25 heavy (non-hydrogen) atoms. The van der Waals surface area contributed by atoms with E-state index in [4.69, 9.17) is 0 Å². The molecule has 136 valence electrons. The van der Waals surface area contributed by atoms with E-state index in [1.165, 1.54) is 37.1 Å². The topological polar surface area (TPSA) is 21.1 Å². The lowest BCUT2D eigenvalue weighted by molar-refractivity contribution is 0.158. The second-order valence-corrected chi connectivity index (χ2v) is 7.84. The number of imidazole rings is 1. The van der Waals surface area contributed by atoms with Crippen LogP contribution in [-0.2, 0) is 19.5 Å². The Bertz CT molecular complexity index is 647. The van der Waals surface area contributed by atoms with Gasteiger partial charge in [-0.2, -0.15) is 0 Å². The predicted octanol–water partition coefficient (Wildman–Crippen LogP) is 4.52. The van der Waals surface area contributed by atoms with E-state index in [0.29, 0.717) is 5.92 Å². The van der Waals surface area contributed by atoms with Crippen LogP contribution in [0.25, 0.3) is 0 Å². The quantitative estimate of drug-likeness (QED) is 0.737. The van der Waals surface area contributed by atoms with E-state index >= 15 is 0 Å². The third kappa shape index (κ3) is 5.40. The molecule has 0 saturated carbocycles. The van der Waals surface area contributed by atoms with Gasteiger partial charge in [0.1, 0.15) is 5.82 Å². The number of nitrogens with zero attached hydrogens (tertiary/aromatic N) is 3. The number of aromatic nitrogens is 2. The number of aryl methyl sites for hydroxylation is 1. The maximum absolute atomic E-state index is 13.0. The first-order valence-electron chi connectivity index (χ1n) is 9.56. The first-order valence-corrected chi connectivity index (χ1v) is 9.56. The van der Waals surface area contributed by atoms with Crippen molar-refractivity contribution in [1.82, 2.24) is 14.5 Å². The first kappa shape index (κ1) is 18.1. The van der Waals surface area contributed by atoms with Gasteiger partial charge in [-0.15, -0.1) is 0 Å². The molecule has 0 spiro atoms. The molecule has 1 atom stereocenters. The van der Waals surface area contributed by atoms with Gasteiger partial charge in [-0.3, -0.25) is 4.90 Å². The molecule has 4 heteroatoms. The third-order valence-electron chi connectivity index (χ3n) is 5.10. The van der Waals surface area contributed by atoms with Crippen LogP contribution in [0.3, 0.4) is 0 Å². The number of benzene rings is 1. The molecule has 0 aliphatic carbocycles. The summed E-state index contributed by atoms with van der Waals surface area (Å²) in [5.74, 6) is 1.23. The molecule has 0 amide bonds. The Labute approximate surface area is 150 Å². The molecule has 1 fully saturated rings. The van der Waals surface area contributed by atoms with E-state index in [1.807, 2.05) is 24.7 Å². The zero-order valence-corrected chi connectivity index (χ0v) is 15.5. The SMILES string of the molecule is CC(C)Cn1cncc1CN1CCCC(CCc2ccc(F)cc2)C1. The Hall–Kier alpha value is -1.68. The van der Waals surface area contributed by atoms with Crippen LogP contribution in [0.5, 0.6) is 0 Å². The summed E-state index contributed by atoms with van der Waals surface area (Å²) >= 11 is 0. The van der Waals surface area contributed by atoms with Gasteiger partial charge in [0, 0.05) is 25.8 Å². The van der Waals surface area contributed by atoms with Gasteiger partial charge in [0.15, 0.2) is 0 Å². The highest BCUT2D eigenvalue weighted by atomic mass is 19.1. The Kier molecular flexibility index (Phi) is 6.24. The van der Waals surface area contributed by atoms with Crippen LogP contribution in [-0.4, -0.2) is 27.5 Å². The number of hydrogen-bond acceptors (Lipinski definition) is 2. The van der Waals surface area contributed by atoms with Crippen LogP contribution in [0.2, 0.25) is 0 Å². The molecule has 2 aromatic rings. The molecule has 0 bridgehead atoms. The van der Waals surface area contributed by atoms with Crippen molar-refractivity contribution in [1.29, 1.82) is 0 Å². The minimum absolute atomic E-state index is 0.148. The highest BCUT2D eigenvalue weighted by Crippen LogP contribution is 2.23. The normalized spacial score (nSPS) is 18.8. The molecule has 1 aliphatic rings. The van der Waals surface area contributed by atoms with Gasteiger partial charge in [0.25, 0.3) is 0 Å². The van der Waals surface area contributed by atoms with E-state index < -0.39 is 0 Å². The zero-order chi connectivity index (χ0) is 17.6. The molecule has 2 heterocycles. The Balaban J connectivity index is 1.51. The smallest absolute Gasteiger partial charge is 0.123 e. The maximum atomic E-state index is 13.0. The van der Waals surface area contributed by atoms with Gasteiger partial charge in [0.2, 0.25) is 0 Å². The largest absolute Gasteiger partial charge is 0.333 e. The fourth-order valence-electron chi connectivity index (χ4n) is 3.82. The van der Waals surface area contributed by atoms with Gasteiger partial charge < -0.3 is 4.57 Å². The molecule has 0 N–H and O–H groups in total. The lowest BCUT2D eigenvalue weighted by Crippen LogP contribution is -2.35. The van der Waals surface area contributed by atoms with Crippen molar-refractivity contribution in [3.05, 3.63) is 53.9 Å². The van der Waals surface area contributed by atoms with Crippen molar-refractivity contribution in [2.45, 2.75) is 52.6 Å². The molecule has 1 aromatic carbocycles. The van der Waals surface area contributed by atoms with Gasteiger partial charge in [0.05, 0.1) is 12.0 Å². The second kappa shape index (κ2) is 8.61.